The molecule has 0 aliphatic heterocycles. The van der Waals surface area contributed by atoms with Gasteiger partial charge >= 0.3 is 0 Å². The Kier molecular flexibility index (Phi) is 3.74. The van der Waals surface area contributed by atoms with Crippen molar-refractivity contribution >= 4 is 0 Å². The minimum absolute atomic E-state index is 0.279. The number of likely N-dealkylation sites (N-methyl/N-ethyl adjacent to an activating group) is 1. The van der Waals surface area contributed by atoms with Crippen LogP contribution in [0.2, 0.25) is 0 Å². The number of hydrogen-bond acceptors (Lipinski definition) is 2. The Balaban J connectivity index is 2.39. The van der Waals surface area contributed by atoms with E-state index in [0.29, 0.717) is 17.4 Å². The van der Waals surface area contributed by atoms with Crippen molar-refractivity contribution in [1.29, 1.82) is 0 Å². The van der Waals surface area contributed by atoms with E-state index in [1.807, 2.05) is 7.05 Å². The van der Waals surface area contributed by atoms with Gasteiger partial charge in [0.25, 0.3) is 0 Å². The quantitative estimate of drug-likeness (QED) is 0.702. The average molecular weight is 185 g/mol. The first-order valence-electron chi connectivity index (χ1n) is 5.37. The number of aliphatic hydroxyl groups excluding tert-OH is 1. The maximum Gasteiger partial charge on any atom is 0.0587 e. The molecule has 1 atom stereocenters. The highest BCUT2D eigenvalue weighted by atomic mass is 16.3. The lowest BCUT2D eigenvalue weighted by molar-refractivity contribution is 0.129. The molecule has 78 valence electrons. The molecule has 1 unspecified atom stereocenters. The van der Waals surface area contributed by atoms with Gasteiger partial charge < -0.3 is 10.4 Å². The Hall–Kier alpha value is -0.0800. The van der Waals surface area contributed by atoms with Gasteiger partial charge in [-0.3, -0.25) is 0 Å². The van der Waals surface area contributed by atoms with Crippen molar-refractivity contribution in [2.45, 2.75) is 45.6 Å². The molecule has 2 N–H and O–H groups in total. The first kappa shape index (κ1) is 11.0. The molecule has 2 nitrogen and oxygen atoms in total. The second-order valence-corrected chi connectivity index (χ2v) is 5.08. The van der Waals surface area contributed by atoms with Gasteiger partial charge in [0.05, 0.1) is 6.61 Å². The van der Waals surface area contributed by atoms with E-state index >= 15 is 0 Å². The van der Waals surface area contributed by atoms with Gasteiger partial charge in [0.15, 0.2) is 0 Å². The summed E-state index contributed by atoms with van der Waals surface area (Å²) in [6.07, 6.45) is 5.13. The van der Waals surface area contributed by atoms with Gasteiger partial charge in [0.2, 0.25) is 0 Å². The van der Waals surface area contributed by atoms with Crippen LogP contribution < -0.4 is 5.32 Å². The lowest BCUT2D eigenvalue weighted by atomic mass is 9.71. The SMILES string of the molecule is CNC(CO)C1CCC(C)(C)CC1. The van der Waals surface area contributed by atoms with Gasteiger partial charge in [0.1, 0.15) is 0 Å². The van der Waals surface area contributed by atoms with E-state index in [4.69, 9.17) is 5.11 Å². The van der Waals surface area contributed by atoms with Gasteiger partial charge in [-0.1, -0.05) is 13.8 Å². The molecule has 0 heterocycles. The van der Waals surface area contributed by atoms with E-state index in [0.717, 1.165) is 0 Å². The summed E-state index contributed by atoms with van der Waals surface area (Å²) in [6.45, 7) is 4.97. The minimum Gasteiger partial charge on any atom is -0.395 e. The Bertz CT molecular complexity index is 142. The summed E-state index contributed by atoms with van der Waals surface area (Å²) in [6, 6.07) is 0.316. The Morgan fingerprint density at radius 1 is 1.38 bits per heavy atom. The maximum atomic E-state index is 9.15. The second-order valence-electron chi connectivity index (χ2n) is 5.08. The van der Waals surface area contributed by atoms with Crippen molar-refractivity contribution in [2.24, 2.45) is 11.3 Å². The van der Waals surface area contributed by atoms with E-state index in [1.165, 1.54) is 25.7 Å². The molecule has 0 radical (unpaired) electrons. The van der Waals surface area contributed by atoms with Crippen LogP contribution in [0.4, 0.5) is 0 Å². The van der Waals surface area contributed by atoms with Gasteiger partial charge in [-0.2, -0.15) is 0 Å². The molecule has 1 aliphatic rings. The van der Waals surface area contributed by atoms with Crippen LogP contribution in [-0.4, -0.2) is 24.8 Å². The summed E-state index contributed by atoms with van der Waals surface area (Å²) < 4.78 is 0. The molecule has 13 heavy (non-hydrogen) atoms. The largest absolute Gasteiger partial charge is 0.395 e. The van der Waals surface area contributed by atoms with Crippen molar-refractivity contribution in [3.8, 4) is 0 Å². The van der Waals surface area contributed by atoms with Crippen molar-refractivity contribution in [2.75, 3.05) is 13.7 Å². The van der Waals surface area contributed by atoms with Gasteiger partial charge in [-0.25, -0.2) is 0 Å². The van der Waals surface area contributed by atoms with Crippen LogP contribution in [0.3, 0.4) is 0 Å². The number of nitrogens with one attached hydrogen (secondary N) is 1. The molecule has 1 aliphatic carbocycles. The first-order valence-corrected chi connectivity index (χ1v) is 5.37. The Morgan fingerprint density at radius 2 is 1.92 bits per heavy atom. The molecule has 1 rings (SSSR count). The molecule has 0 bridgehead atoms. The fraction of sp³-hybridized carbons (Fsp3) is 1.00. The maximum absolute atomic E-state index is 9.15. The summed E-state index contributed by atoms with van der Waals surface area (Å²) in [5.74, 6) is 0.683. The zero-order chi connectivity index (χ0) is 9.90. The van der Waals surface area contributed by atoms with Gasteiger partial charge in [0, 0.05) is 6.04 Å². The molecule has 0 spiro atoms. The topological polar surface area (TPSA) is 32.3 Å². The lowest BCUT2D eigenvalue weighted by Gasteiger charge is -2.37. The molecule has 0 saturated heterocycles. The third-order valence-electron chi connectivity index (χ3n) is 3.52. The van der Waals surface area contributed by atoms with Crippen LogP contribution in [0.15, 0.2) is 0 Å². The highest BCUT2D eigenvalue weighted by Crippen LogP contribution is 2.38. The van der Waals surface area contributed by atoms with Crippen LogP contribution >= 0.6 is 0 Å². The zero-order valence-corrected chi connectivity index (χ0v) is 9.14. The fourth-order valence-electron chi connectivity index (χ4n) is 2.30. The molecule has 0 aromatic heterocycles. The molecule has 1 saturated carbocycles. The summed E-state index contributed by atoms with van der Waals surface area (Å²) >= 11 is 0. The first-order chi connectivity index (χ1) is 6.09. The molecule has 0 amide bonds. The van der Waals surface area contributed by atoms with E-state index in [9.17, 15) is 0 Å². The highest BCUT2D eigenvalue weighted by Gasteiger charge is 2.30. The van der Waals surface area contributed by atoms with Crippen molar-refractivity contribution < 1.29 is 5.11 Å². The van der Waals surface area contributed by atoms with E-state index in [1.54, 1.807) is 0 Å². The number of rotatable bonds is 3. The predicted molar refractivity (Wildman–Crippen MR) is 55.7 cm³/mol. The molecule has 1 fully saturated rings. The monoisotopic (exact) mass is 185 g/mol. The zero-order valence-electron chi connectivity index (χ0n) is 9.14. The van der Waals surface area contributed by atoms with Crippen LogP contribution in [0.1, 0.15) is 39.5 Å². The highest BCUT2D eigenvalue weighted by molar-refractivity contribution is 4.84. The summed E-state index contributed by atoms with van der Waals surface area (Å²) in [5, 5.41) is 12.3. The third-order valence-corrected chi connectivity index (χ3v) is 3.52. The average Bonchev–Trinajstić information content (AvgIpc) is 2.09. The fourth-order valence-corrected chi connectivity index (χ4v) is 2.30. The normalized spacial score (nSPS) is 25.8. The van der Waals surface area contributed by atoms with Crippen molar-refractivity contribution in [3.05, 3.63) is 0 Å². The Labute approximate surface area is 81.7 Å². The number of hydrogen-bond donors (Lipinski definition) is 2. The minimum atomic E-state index is 0.279. The van der Waals surface area contributed by atoms with Crippen molar-refractivity contribution in [3.63, 3.8) is 0 Å². The molecule has 0 aromatic carbocycles. The molecule has 0 aromatic rings. The van der Waals surface area contributed by atoms with Crippen LogP contribution in [-0.2, 0) is 0 Å². The van der Waals surface area contributed by atoms with Crippen molar-refractivity contribution in [1.82, 2.24) is 5.32 Å². The molecular formula is C11H23NO. The third kappa shape index (κ3) is 2.96. The van der Waals surface area contributed by atoms with Crippen LogP contribution in [0, 0.1) is 11.3 Å². The van der Waals surface area contributed by atoms with E-state index < -0.39 is 0 Å². The summed E-state index contributed by atoms with van der Waals surface area (Å²) in [4.78, 5) is 0. The summed E-state index contributed by atoms with van der Waals surface area (Å²) in [7, 11) is 1.95. The summed E-state index contributed by atoms with van der Waals surface area (Å²) in [5.41, 5.74) is 0.532. The molecule has 2 heteroatoms. The van der Waals surface area contributed by atoms with E-state index in [-0.39, 0.29) is 6.61 Å². The van der Waals surface area contributed by atoms with Crippen LogP contribution in [0.5, 0.6) is 0 Å². The molecular weight excluding hydrogens is 162 g/mol. The second kappa shape index (κ2) is 4.43. The van der Waals surface area contributed by atoms with Gasteiger partial charge in [-0.15, -0.1) is 0 Å². The predicted octanol–water partition coefficient (Wildman–Crippen LogP) is 1.78. The van der Waals surface area contributed by atoms with Gasteiger partial charge in [-0.05, 0) is 44.1 Å². The van der Waals surface area contributed by atoms with Crippen LogP contribution in [0.25, 0.3) is 0 Å². The number of aliphatic hydroxyl groups is 1. The lowest BCUT2D eigenvalue weighted by Crippen LogP contribution is -2.39. The van der Waals surface area contributed by atoms with E-state index in [2.05, 4.69) is 19.2 Å². The standard InChI is InChI=1S/C11H23NO/c1-11(2)6-4-9(5-7-11)10(8-13)12-3/h9-10,12-13H,4-8H2,1-3H3. The Morgan fingerprint density at radius 3 is 2.31 bits per heavy atom. The smallest absolute Gasteiger partial charge is 0.0587 e.